The molecule has 0 bridgehead atoms. The Morgan fingerprint density at radius 3 is 3.00 bits per heavy atom. The molecule has 1 aliphatic heterocycles. The van der Waals surface area contributed by atoms with Crippen molar-refractivity contribution < 1.29 is 4.74 Å². The molecule has 0 N–H and O–H groups in total. The number of hydrogen-bond donors (Lipinski definition) is 0. The van der Waals surface area contributed by atoms with Gasteiger partial charge in [0, 0.05) is 6.42 Å². The SMILES string of the molecule is CCC(C)C(Cl)c1ccc2c(c1)CCO2. The highest BCUT2D eigenvalue weighted by Crippen LogP contribution is 2.34. The molecule has 2 heteroatoms. The fourth-order valence-electron chi connectivity index (χ4n) is 1.91. The lowest BCUT2D eigenvalue weighted by Gasteiger charge is -2.17. The zero-order chi connectivity index (χ0) is 10.8. The molecule has 1 heterocycles. The van der Waals surface area contributed by atoms with Crippen LogP contribution in [0.25, 0.3) is 0 Å². The average Bonchev–Trinajstić information content (AvgIpc) is 2.73. The van der Waals surface area contributed by atoms with Gasteiger partial charge in [-0.1, -0.05) is 32.4 Å². The van der Waals surface area contributed by atoms with Crippen molar-refractivity contribution in [1.82, 2.24) is 0 Å². The van der Waals surface area contributed by atoms with Gasteiger partial charge in [-0.25, -0.2) is 0 Å². The van der Waals surface area contributed by atoms with Gasteiger partial charge in [0.05, 0.1) is 12.0 Å². The van der Waals surface area contributed by atoms with E-state index in [1.807, 2.05) is 0 Å². The predicted molar refractivity (Wildman–Crippen MR) is 63.7 cm³/mol. The van der Waals surface area contributed by atoms with Crippen molar-refractivity contribution in [1.29, 1.82) is 0 Å². The van der Waals surface area contributed by atoms with Crippen molar-refractivity contribution in [3.05, 3.63) is 29.3 Å². The van der Waals surface area contributed by atoms with Crippen LogP contribution in [0, 0.1) is 5.92 Å². The summed E-state index contributed by atoms with van der Waals surface area (Å²) < 4.78 is 5.48. The molecule has 1 aromatic rings. The van der Waals surface area contributed by atoms with Crippen molar-refractivity contribution in [3.63, 3.8) is 0 Å². The Morgan fingerprint density at radius 1 is 1.47 bits per heavy atom. The second-order valence-corrected chi connectivity index (χ2v) is 4.72. The van der Waals surface area contributed by atoms with Gasteiger partial charge in [0.2, 0.25) is 0 Å². The maximum atomic E-state index is 6.42. The second-order valence-electron chi connectivity index (χ2n) is 4.25. The molecule has 1 nitrogen and oxygen atoms in total. The lowest BCUT2D eigenvalue weighted by atomic mass is 9.96. The van der Waals surface area contributed by atoms with Crippen LogP contribution >= 0.6 is 11.6 Å². The molecular formula is C13H17ClO. The summed E-state index contributed by atoms with van der Waals surface area (Å²) in [6.07, 6.45) is 2.13. The van der Waals surface area contributed by atoms with Crippen LogP contribution in [0.4, 0.5) is 0 Å². The molecule has 2 atom stereocenters. The van der Waals surface area contributed by atoms with Crippen LogP contribution in [0.1, 0.15) is 36.8 Å². The normalized spacial score (nSPS) is 18.1. The van der Waals surface area contributed by atoms with Crippen LogP contribution in [-0.2, 0) is 6.42 Å². The molecule has 0 saturated carbocycles. The highest BCUT2D eigenvalue weighted by atomic mass is 35.5. The third kappa shape index (κ3) is 2.12. The zero-order valence-electron chi connectivity index (χ0n) is 9.29. The Balaban J connectivity index is 2.22. The van der Waals surface area contributed by atoms with Gasteiger partial charge in [-0.3, -0.25) is 0 Å². The van der Waals surface area contributed by atoms with Crippen LogP contribution in [0.5, 0.6) is 5.75 Å². The van der Waals surface area contributed by atoms with E-state index in [-0.39, 0.29) is 5.38 Å². The molecule has 0 aromatic heterocycles. The van der Waals surface area contributed by atoms with E-state index in [4.69, 9.17) is 16.3 Å². The lowest BCUT2D eigenvalue weighted by Crippen LogP contribution is -2.02. The summed E-state index contributed by atoms with van der Waals surface area (Å²) >= 11 is 6.42. The Hall–Kier alpha value is -0.690. The topological polar surface area (TPSA) is 9.23 Å². The third-order valence-corrected chi connectivity index (χ3v) is 3.86. The van der Waals surface area contributed by atoms with Crippen LogP contribution < -0.4 is 4.74 Å². The molecule has 1 aliphatic rings. The average molecular weight is 225 g/mol. The maximum absolute atomic E-state index is 6.42. The molecule has 2 unspecified atom stereocenters. The fraction of sp³-hybridized carbons (Fsp3) is 0.538. The first kappa shape index (κ1) is 10.8. The lowest BCUT2D eigenvalue weighted by molar-refractivity contribution is 0.357. The predicted octanol–water partition coefficient (Wildman–Crippen LogP) is 3.95. The molecule has 0 amide bonds. The molecule has 1 aromatic carbocycles. The van der Waals surface area contributed by atoms with Crippen molar-refractivity contribution in [2.75, 3.05) is 6.61 Å². The van der Waals surface area contributed by atoms with Crippen LogP contribution in [0.3, 0.4) is 0 Å². The summed E-state index contributed by atoms with van der Waals surface area (Å²) in [7, 11) is 0. The number of fused-ring (bicyclic) bond motifs is 1. The number of halogens is 1. The summed E-state index contributed by atoms with van der Waals surface area (Å²) in [6, 6.07) is 6.34. The number of rotatable bonds is 3. The van der Waals surface area contributed by atoms with Crippen LogP contribution in [0.15, 0.2) is 18.2 Å². The molecule has 0 saturated heterocycles. The Labute approximate surface area is 96.4 Å². The van der Waals surface area contributed by atoms with E-state index in [9.17, 15) is 0 Å². The number of hydrogen-bond acceptors (Lipinski definition) is 1. The van der Waals surface area contributed by atoms with E-state index >= 15 is 0 Å². The fourth-order valence-corrected chi connectivity index (χ4v) is 2.23. The minimum Gasteiger partial charge on any atom is -0.493 e. The molecule has 0 radical (unpaired) electrons. The highest BCUT2D eigenvalue weighted by molar-refractivity contribution is 6.21. The highest BCUT2D eigenvalue weighted by Gasteiger charge is 2.18. The van der Waals surface area contributed by atoms with E-state index in [1.165, 1.54) is 11.1 Å². The summed E-state index contributed by atoms with van der Waals surface area (Å²) in [5, 5.41) is 0.126. The van der Waals surface area contributed by atoms with Gasteiger partial charge in [-0.15, -0.1) is 11.6 Å². The maximum Gasteiger partial charge on any atom is 0.122 e. The van der Waals surface area contributed by atoms with E-state index in [2.05, 4.69) is 32.0 Å². The second kappa shape index (κ2) is 4.44. The van der Waals surface area contributed by atoms with E-state index in [0.717, 1.165) is 25.2 Å². The van der Waals surface area contributed by atoms with E-state index in [0.29, 0.717) is 5.92 Å². The molecule has 15 heavy (non-hydrogen) atoms. The number of alkyl halides is 1. The van der Waals surface area contributed by atoms with Gasteiger partial charge in [-0.05, 0) is 23.1 Å². The molecule has 0 spiro atoms. The van der Waals surface area contributed by atoms with Gasteiger partial charge < -0.3 is 4.74 Å². The minimum atomic E-state index is 0.126. The largest absolute Gasteiger partial charge is 0.493 e. The number of ether oxygens (including phenoxy) is 1. The zero-order valence-corrected chi connectivity index (χ0v) is 10.1. The van der Waals surface area contributed by atoms with Gasteiger partial charge in [0.25, 0.3) is 0 Å². The summed E-state index contributed by atoms with van der Waals surface area (Å²) in [6.45, 7) is 5.19. The van der Waals surface area contributed by atoms with Crippen molar-refractivity contribution in [3.8, 4) is 5.75 Å². The van der Waals surface area contributed by atoms with Crippen LogP contribution in [0.2, 0.25) is 0 Å². The monoisotopic (exact) mass is 224 g/mol. The van der Waals surface area contributed by atoms with Crippen molar-refractivity contribution in [2.24, 2.45) is 5.92 Å². The summed E-state index contributed by atoms with van der Waals surface area (Å²) in [5.41, 5.74) is 2.54. The Kier molecular flexibility index (Phi) is 3.20. The minimum absolute atomic E-state index is 0.126. The molecule has 0 fully saturated rings. The van der Waals surface area contributed by atoms with Gasteiger partial charge >= 0.3 is 0 Å². The van der Waals surface area contributed by atoms with Crippen molar-refractivity contribution >= 4 is 11.6 Å². The van der Waals surface area contributed by atoms with E-state index < -0.39 is 0 Å². The standard InChI is InChI=1S/C13H17ClO/c1-3-9(2)13(14)11-4-5-12-10(8-11)6-7-15-12/h4-5,8-9,13H,3,6-7H2,1-2H3. The van der Waals surface area contributed by atoms with E-state index in [1.54, 1.807) is 0 Å². The van der Waals surface area contributed by atoms with Crippen LogP contribution in [-0.4, -0.2) is 6.61 Å². The molecular weight excluding hydrogens is 208 g/mol. The van der Waals surface area contributed by atoms with Gasteiger partial charge in [0.1, 0.15) is 5.75 Å². The molecule has 0 aliphatic carbocycles. The quantitative estimate of drug-likeness (QED) is 0.707. The third-order valence-electron chi connectivity index (χ3n) is 3.18. The molecule has 82 valence electrons. The first-order chi connectivity index (χ1) is 7.22. The Bertz CT molecular complexity index is 348. The molecule has 2 rings (SSSR count). The van der Waals surface area contributed by atoms with Gasteiger partial charge in [-0.2, -0.15) is 0 Å². The number of benzene rings is 1. The Morgan fingerprint density at radius 2 is 2.27 bits per heavy atom. The summed E-state index contributed by atoms with van der Waals surface area (Å²) in [5.74, 6) is 1.55. The van der Waals surface area contributed by atoms with Gasteiger partial charge in [0.15, 0.2) is 0 Å². The first-order valence-electron chi connectivity index (χ1n) is 5.62. The smallest absolute Gasteiger partial charge is 0.122 e. The first-order valence-corrected chi connectivity index (χ1v) is 6.05. The summed E-state index contributed by atoms with van der Waals surface area (Å²) in [4.78, 5) is 0. The van der Waals surface area contributed by atoms with Crippen molar-refractivity contribution in [2.45, 2.75) is 32.1 Å².